The molecule has 3 heterocycles. The van der Waals surface area contributed by atoms with Gasteiger partial charge in [-0.15, -0.1) is 0 Å². The Morgan fingerprint density at radius 1 is 0.950 bits per heavy atom. The first kappa shape index (κ1) is 30.6. The van der Waals surface area contributed by atoms with E-state index in [9.17, 15) is 0 Å². The first-order chi connectivity index (χ1) is 18.5. The summed E-state index contributed by atoms with van der Waals surface area (Å²) in [5, 5.41) is 3.57. The highest BCUT2D eigenvalue weighted by atomic mass is 28.4. The van der Waals surface area contributed by atoms with Gasteiger partial charge in [0.25, 0.3) is 0 Å². The summed E-state index contributed by atoms with van der Waals surface area (Å²) in [6.07, 6.45) is 3.54. The molecule has 2 aromatic heterocycles. The number of nitrogens with zero attached hydrogens (tertiary/aromatic N) is 4. The Bertz CT molecular complexity index is 1300. The highest BCUT2D eigenvalue weighted by molar-refractivity contribution is 6.74. The Morgan fingerprint density at radius 2 is 1.60 bits per heavy atom. The van der Waals surface area contributed by atoms with E-state index in [0.29, 0.717) is 30.0 Å². The van der Waals surface area contributed by atoms with Gasteiger partial charge in [-0.05, 0) is 60.5 Å². The van der Waals surface area contributed by atoms with Crippen molar-refractivity contribution in [3.05, 3.63) is 36.9 Å². The van der Waals surface area contributed by atoms with Crippen molar-refractivity contribution in [3.63, 3.8) is 0 Å². The van der Waals surface area contributed by atoms with Crippen LogP contribution < -0.4 is 10.1 Å². The van der Waals surface area contributed by atoms with E-state index in [4.69, 9.17) is 18.3 Å². The molecule has 3 atom stereocenters. The third-order valence-electron chi connectivity index (χ3n) is 8.87. The predicted molar refractivity (Wildman–Crippen MR) is 165 cm³/mol. The summed E-state index contributed by atoms with van der Waals surface area (Å²) in [5.41, 5.74) is 2.29. The summed E-state index contributed by atoms with van der Waals surface area (Å²) >= 11 is 0. The highest BCUT2D eigenvalue weighted by Crippen LogP contribution is 2.43. The van der Waals surface area contributed by atoms with E-state index in [1.807, 2.05) is 28.8 Å². The molecule has 0 aliphatic carbocycles. The largest absolute Gasteiger partial charge is 0.497 e. The van der Waals surface area contributed by atoms with Crippen LogP contribution in [0.3, 0.4) is 0 Å². The first-order valence-corrected chi connectivity index (χ1v) is 19.9. The molecule has 0 saturated carbocycles. The van der Waals surface area contributed by atoms with Crippen LogP contribution in [-0.4, -0.2) is 62.1 Å². The Balaban J connectivity index is 1.60. The van der Waals surface area contributed by atoms with Crippen molar-refractivity contribution >= 4 is 39.3 Å². The van der Waals surface area contributed by atoms with Gasteiger partial charge in [-0.25, -0.2) is 15.0 Å². The van der Waals surface area contributed by atoms with Crippen molar-refractivity contribution in [3.8, 4) is 5.75 Å². The lowest BCUT2D eigenvalue weighted by Gasteiger charge is -2.40. The van der Waals surface area contributed by atoms with E-state index < -0.39 is 16.6 Å². The van der Waals surface area contributed by atoms with Crippen LogP contribution in [0.2, 0.25) is 36.3 Å². The Labute approximate surface area is 241 Å². The number of methoxy groups -OCH3 is 1. The van der Waals surface area contributed by atoms with E-state index in [2.05, 4.69) is 88.0 Å². The normalized spacial score (nSPS) is 20.7. The number of anilines is 2. The van der Waals surface area contributed by atoms with E-state index in [1.165, 1.54) is 0 Å². The summed E-state index contributed by atoms with van der Waals surface area (Å²) in [5.74, 6) is 1.43. The van der Waals surface area contributed by atoms with Crippen molar-refractivity contribution in [1.29, 1.82) is 0 Å². The molecule has 0 unspecified atom stereocenters. The summed E-state index contributed by atoms with van der Waals surface area (Å²) in [7, 11) is -2.35. The molecule has 11 heteroatoms. The van der Waals surface area contributed by atoms with Gasteiger partial charge in [0.05, 0.1) is 26.1 Å². The van der Waals surface area contributed by atoms with Crippen LogP contribution in [0, 0.1) is 0 Å². The number of fused-ring (bicyclic) bond motifs is 1. The quantitative estimate of drug-likeness (QED) is 0.262. The van der Waals surface area contributed by atoms with Gasteiger partial charge in [0.15, 0.2) is 33.6 Å². The molecule has 1 aliphatic rings. The van der Waals surface area contributed by atoms with Crippen LogP contribution in [-0.2, 0) is 13.6 Å². The van der Waals surface area contributed by atoms with Crippen LogP contribution in [0.1, 0.15) is 54.2 Å². The fourth-order valence-electron chi connectivity index (χ4n) is 4.17. The van der Waals surface area contributed by atoms with Crippen LogP contribution in [0.5, 0.6) is 5.75 Å². The fourth-order valence-corrected chi connectivity index (χ4v) is 6.54. The average Bonchev–Trinajstić information content (AvgIpc) is 3.46. The zero-order valence-corrected chi connectivity index (χ0v) is 28.0. The van der Waals surface area contributed by atoms with Gasteiger partial charge in [0.2, 0.25) is 0 Å². The van der Waals surface area contributed by atoms with Gasteiger partial charge in [0.1, 0.15) is 24.4 Å². The fraction of sp³-hybridized carbons (Fsp3) is 0.621. The monoisotopic (exact) mass is 585 g/mol. The molecule has 1 saturated heterocycles. The molecule has 1 aromatic carbocycles. The number of hydrogen-bond donors (Lipinski definition) is 1. The van der Waals surface area contributed by atoms with Gasteiger partial charge in [-0.2, -0.15) is 0 Å². The van der Waals surface area contributed by atoms with Crippen molar-refractivity contribution < 1.29 is 18.3 Å². The number of ether oxygens (including phenoxy) is 2. The molecule has 0 spiro atoms. The molecule has 9 nitrogen and oxygen atoms in total. The molecule has 1 aliphatic heterocycles. The highest BCUT2D eigenvalue weighted by Gasteiger charge is 2.46. The molecule has 3 aromatic rings. The predicted octanol–water partition coefficient (Wildman–Crippen LogP) is 7.28. The molecule has 4 rings (SSSR count). The SMILES string of the molecule is COc1ccc(Nc2ncnc3c2ncn3[C@H]2C[C@H](O[Si](C)(C)C(C)(C)C)[C@@H](CO[Si](C)(C)C(C)(C)C)O2)cc1. The molecular weight excluding hydrogens is 539 g/mol. The molecule has 0 amide bonds. The van der Waals surface area contributed by atoms with Crippen molar-refractivity contribution in [2.24, 2.45) is 0 Å². The number of imidazole rings is 1. The van der Waals surface area contributed by atoms with E-state index in [1.54, 1.807) is 19.8 Å². The van der Waals surface area contributed by atoms with Crippen LogP contribution in [0.4, 0.5) is 11.5 Å². The topological polar surface area (TPSA) is 92.6 Å². The molecule has 220 valence electrons. The van der Waals surface area contributed by atoms with Crippen LogP contribution >= 0.6 is 0 Å². The second kappa shape index (κ2) is 11.2. The minimum absolute atomic E-state index is 0.0770. The number of hydrogen-bond acceptors (Lipinski definition) is 8. The molecular formula is C29H47N5O4Si2. The second-order valence-corrected chi connectivity index (χ2v) is 23.3. The Hall–Kier alpha value is -2.32. The van der Waals surface area contributed by atoms with E-state index in [0.717, 1.165) is 11.4 Å². The molecule has 40 heavy (non-hydrogen) atoms. The second-order valence-electron chi connectivity index (χ2n) is 13.8. The molecule has 1 N–H and O–H groups in total. The molecule has 1 fully saturated rings. The smallest absolute Gasteiger partial charge is 0.192 e. The lowest BCUT2D eigenvalue weighted by molar-refractivity contribution is -0.0383. The number of nitrogens with one attached hydrogen (secondary N) is 1. The van der Waals surface area contributed by atoms with E-state index in [-0.39, 0.29) is 28.5 Å². The van der Waals surface area contributed by atoms with Crippen molar-refractivity contribution in [2.45, 2.75) is 103 Å². The Kier molecular flexibility index (Phi) is 8.55. The lowest BCUT2D eigenvalue weighted by atomic mass is 10.2. The van der Waals surface area contributed by atoms with Crippen LogP contribution in [0.25, 0.3) is 11.2 Å². The van der Waals surface area contributed by atoms with Crippen molar-refractivity contribution in [1.82, 2.24) is 19.5 Å². The zero-order chi connectivity index (χ0) is 29.5. The number of rotatable bonds is 9. The van der Waals surface area contributed by atoms with Gasteiger partial charge in [-0.3, -0.25) is 4.57 Å². The van der Waals surface area contributed by atoms with Gasteiger partial charge < -0.3 is 23.6 Å². The van der Waals surface area contributed by atoms with Gasteiger partial charge in [0, 0.05) is 12.1 Å². The summed E-state index contributed by atoms with van der Waals surface area (Å²) in [6.45, 7) is 23.2. The molecule has 0 radical (unpaired) electrons. The maximum absolute atomic E-state index is 6.95. The average molecular weight is 586 g/mol. The zero-order valence-electron chi connectivity index (χ0n) is 26.0. The number of aromatic nitrogens is 4. The standard InChI is InChI=1S/C29H47N5O4Si2/c1-28(2,3)39(8,9)36-17-23-22(38-40(10,11)29(4,5)6)16-24(37-23)34-19-32-25-26(30-18-31-27(25)34)33-20-12-14-21(35-7)15-13-20/h12-15,18-19,22-24H,16-17H2,1-11H3,(H,30,31,33)/t22-,23+,24+/m0/s1. The van der Waals surface area contributed by atoms with E-state index >= 15 is 0 Å². The maximum Gasteiger partial charge on any atom is 0.192 e. The Morgan fingerprint density at radius 3 is 2.20 bits per heavy atom. The third-order valence-corrected chi connectivity index (χ3v) is 17.9. The summed E-state index contributed by atoms with van der Waals surface area (Å²) in [6, 6.07) is 7.69. The lowest BCUT2D eigenvalue weighted by Crippen LogP contribution is -2.48. The minimum atomic E-state index is -2.04. The number of benzene rings is 1. The van der Waals surface area contributed by atoms with Gasteiger partial charge in [-0.1, -0.05) is 41.5 Å². The van der Waals surface area contributed by atoms with Gasteiger partial charge >= 0.3 is 0 Å². The summed E-state index contributed by atoms with van der Waals surface area (Å²) < 4.78 is 27.6. The summed E-state index contributed by atoms with van der Waals surface area (Å²) in [4.78, 5) is 13.7. The third kappa shape index (κ3) is 6.43. The minimum Gasteiger partial charge on any atom is -0.497 e. The van der Waals surface area contributed by atoms with Crippen molar-refractivity contribution in [2.75, 3.05) is 19.0 Å². The maximum atomic E-state index is 6.95. The van der Waals surface area contributed by atoms with Crippen LogP contribution in [0.15, 0.2) is 36.9 Å². The first-order valence-electron chi connectivity index (χ1n) is 14.1. The molecule has 0 bridgehead atoms.